The van der Waals surface area contributed by atoms with Gasteiger partial charge in [0.1, 0.15) is 0 Å². The first kappa shape index (κ1) is 12.2. The zero-order chi connectivity index (χ0) is 11.8. The Morgan fingerprint density at radius 3 is 2.31 bits per heavy atom. The summed E-state index contributed by atoms with van der Waals surface area (Å²) in [6.45, 7) is 9.44. The first-order valence-electron chi connectivity index (χ1n) is 6.18. The van der Waals surface area contributed by atoms with E-state index in [0.29, 0.717) is 6.04 Å². The van der Waals surface area contributed by atoms with E-state index in [1.165, 1.54) is 12.8 Å². The zero-order valence-electron chi connectivity index (χ0n) is 10.7. The molecule has 2 saturated heterocycles. The Labute approximate surface area is 98.7 Å². The molecule has 2 rings (SSSR count). The minimum absolute atomic E-state index is 0.201. The van der Waals surface area contributed by atoms with Crippen molar-refractivity contribution in [1.29, 1.82) is 0 Å². The summed E-state index contributed by atoms with van der Waals surface area (Å²) >= 11 is 0. The third-order valence-electron chi connectivity index (χ3n) is 3.87. The molecule has 0 aliphatic carbocycles. The van der Waals surface area contributed by atoms with Gasteiger partial charge in [0, 0.05) is 6.04 Å². The second-order valence-corrected chi connectivity index (χ2v) is 5.71. The Bertz CT molecular complexity index is 267. The van der Waals surface area contributed by atoms with E-state index in [-0.39, 0.29) is 18.3 Å². The number of hydrogen-bond donors (Lipinski definition) is 1. The van der Waals surface area contributed by atoms with Crippen LogP contribution in [-0.2, 0) is 9.31 Å². The molecule has 2 aliphatic heterocycles. The van der Waals surface area contributed by atoms with Crippen molar-refractivity contribution in [2.24, 2.45) is 0 Å². The topological polar surface area (TPSA) is 30.5 Å². The molecule has 0 spiro atoms. The molecule has 2 aliphatic rings. The summed E-state index contributed by atoms with van der Waals surface area (Å²) in [6.07, 6.45) is 4.66. The van der Waals surface area contributed by atoms with Gasteiger partial charge in [0.15, 0.2) is 0 Å². The van der Waals surface area contributed by atoms with Crippen LogP contribution in [0.2, 0.25) is 0 Å². The maximum Gasteiger partial charge on any atom is 0.486 e. The van der Waals surface area contributed by atoms with Crippen molar-refractivity contribution in [1.82, 2.24) is 5.32 Å². The molecular formula is C12H22BNO2. The normalized spacial score (nSPS) is 32.8. The molecular weight excluding hydrogens is 201 g/mol. The molecule has 3 nitrogen and oxygen atoms in total. The summed E-state index contributed by atoms with van der Waals surface area (Å²) in [5, 5.41) is 3.42. The summed E-state index contributed by atoms with van der Waals surface area (Å²) in [7, 11) is -0.201. The molecule has 2 heterocycles. The van der Waals surface area contributed by atoms with Crippen LogP contribution in [-0.4, -0.2) is 30.9 Å². The lowest BCUT2D eigenvalue weighted by molar-refractivity contribution is 0.00578. The van der Waals surface area contributed by atoms with Crippen LogP contribution in [0.3, 0.4) is 0 Å². The van der Waals surface area contributed by atoms with Gasteiger partial charge < -0.3 is 14.6 Å². The molecule has 2 fully saturated rings. The molecule has 0 saturated carbocycles. The average Bonchev–Trinajstić information content (AvgIpc) is 2.70. The van der Waals surface area contributed by atoms with Crippen LogP contribution in [0.4, 0.5) is 0 Å². The van der Waals surface area contributed by atoms with E-state index in [2.05, 4.69) is 39.1 Å². The second kappa shape index (κ2) is 4.17. The highest BCUT2D eigenvalue weighted by Gasteiger charge is 2.50. The van der Waals surface area contributed by atoms with E-state index >= 15 is 0 Å². The predicted octanol–water partition coefficient (Wildman–Crippen LogP) is 1.93. The van der Waals surface area contributed by atoms with Gasteiger partial charge in [0.05, 0.1) is 11.2 Å². The SMILES string of the molecule is CC1(C)OB(/C=C/C2CCCN2)OC1(C)C. The van der Waals surface area contributed by atoms with Crippen LogP contribution in [0, 0.1) is 0 Å². The molecule has 90 valence electrons. The van der Waals surface area contributed by atoms with Crippen LogP contribution in [0.15, 0.2) is 12.1 Å². The number of rotatable bonds is 2. The Morgan fingerprint density at radius 2 is 1.81 bits per heavy atom. The molecule has 0 amide bonds. The first-order valence-corrected chi connectivity index (χ1v) is 6.18. The van der Waals surface area contributed by atoms with Gasteiger partial charge >= 0.3 is 7.12 Å². The van der Waals surface area contributed by atoms with Gasteiger partial charge in [0.25, 0.3) is 0 Å². The molecule has 1 N–H and O–H groups in total. The fourth-order valence-electron chi connectivity index (χ4n) is 2.07. The van der Waals surface area contributed by atoms with Crippen LogP contribution >= 0.6 is 0 Å². The molecule has 1 atom stereocenters. The van der Waals surface area contributed by atoms with Crippen molar-refractivity contribution >= 4 is 7.12 Å². The van der Waals surface area contributed by atoms with E-state index in [0.717, 1.165) is 6.54 Å². The summed E-state index contributed by atoms with van der Waals surface area (Å²) in [5.74, 6) is 2.04. The first-order chi connectivity index (χ1) is 7.41. The highest BCUT2D eigenvalue weighted by molar-refractivity contribution is 6.51. The summed E-state index contributed by atoms with van der Waals surface area (Å²) < 4.78 is 11.8. The predicted molar refractivity (Wildman–Crippen MR) is 66.2 cm³/mol. The van der Waals surface area contributed by atoms with Gasteiger partial charge in [-0.05, 0) is 47.1 Å². The van der Waals surface area contributed by atoms with E-state index in [1.54, 1.807) is 0 Å². The van der Waals surface area contributed by atoms with Gasteiger partial charge in [-0.15, -0.1) is 0 Å². The monoisotopic (exact) mass is 223 g/mol. The maximum absolute atomic E-state index is 5.89. The molecule has 0 bridgehead atoms. The molecule has 0 aromatic rings. The Kier molecular flexibility index (Phi) is 3.17. The lowest BCUT2D eigenvalue weighted by Crippen LogP contribution is -2.41. The van der Waals surface area contributed by atoms with Gasteiger partial charge in [-0.25, -0.2) is 0 Å². The van der Waals surface area contributed by atoms with Crippen LogP contribution in [0.5, 0.6) is 0 Å². The van der Waals surface area contributed by atoms with Crippen molar-refractivity contribution in [3.8, 4) is 0 Å². The quantitative estimate of drug-likeness (QED) is 0.725. The molecule has 4 heteroatoms. The lowest BCUT2D eigenvalue weighted by Gasteiger charge is -2.32. The van der Waals surface area contributed by atoms with Crippen molar-refractivity contribution in [2.75, 3.05) is 6.54 Å². The van der Waals surface area contributed by atoms with Crippen LogP contribution < -0.4 is 5.32 Å². The van der Waals surface area contributed by atoms with Crippen molar-refractivity contribution in [2.45, 2.75) is 57.8 Å². The standard InChI is InChI=1S/C12H22BNO2/c1-11(2)12(3,4)16-13(15-11)8-7-10-6-5-9-14-10/h7-8,10,14H,5-6,9H2,1-4H3/b8-7+. The van der Waals surface area contributed by atoms with E-state index in [9.17, 15) is 0 Å². The van der Waals surface area contributed by atoms with Gasteiger partial charge in [-0.3, -0.25) is 0 Å². The maximum atomic E-state index is 5.89. The summed E-state index contributed by atoms with van der Waals surface area (Å²) in [5.41, 5.74) is -0.462. The minimum atomic E-state index is -0.231. The Hall–Kier alpha value is -0.315. The van der Waals surface area contributed by atoms with E-state index < -0.39 is 0 Å². The van der Waals surface area contributed by atoms with Crippen LogP contribution in [0.1, 0.15) is 40.5 Å². The van der Waals surface area contributed by atoms with Gasteiger partial charge in [-0.2, -0.15) is 0 Å². The second-order valence-electron chi connectivity index (χ2n) is 5.71. The number of nitrogens with one attached hydrogen (secondary N) is 1. The van der Waals surface area contributed by atoms with E-state index in [1.807, 2.05) is 5.98 Å². The molecule has 0 aromatic heterocycles. The third-order valence-corrected chi connectivity index (χ3v) is 3.87. The smallest absolute Gasteiger partial charge is 0.400 e. The highest BCUT2D eigenvalue weighted by atomic mass is 16.7. The number of hydrogen-bond acceptors (Lipinski definition) is 3. The van der Waals surface area contributed by atoms with Crippen molar-refractivity contribution < 1.29 is 9.31 Å². The Balaban J connectivity index is 1.93. The third kappa shape index (κ3) is 2.34. The fourth-order valence-corrected chi connectivity index (χ4v) is 2.07. The Morgan fingerprint density at radius 1 is 1.19 bits per heavy atom. The molecule has 0 aromatic carbocycles. The summed E-state index contributed by atoms with van der Waals surface area (Å²) in [6, 6.07) is 0.499. The summed E-state index contributed by atoms with van der Waals surface area (Å²) in [4.78, 5) is 0. The minimum Gasteiger partial charge on any atom is -0.400 e. The fraction of sp³-hybridized carbons (Fsp3) is 0.833. The van der Waals surface area contributed by atoms with Crippen molar-refractivity contribution in [3.63, 3.8) is 0 Å². The van der Waals surface area contributed by atoms with E-state index in [4.69, 9.17) is 9.31 Å². The average molecular weight is 223 g/mol. The molecule has 0 radical (unpaired) electrons. The zero-order valence-corrected chi connectivity index (χ0v) is 10.7. The van der Waals surface area contributed by atoms with Crippen LogP contribution in [0.25, 0.3) is 0 Å². The van der Waals surface area contributed by atoms with Gasteiger partial charge in [-0.1, -0.05) is 12.1 Å². The molecule has 1 unspecified atom stereocenters. The van der Waals surface area contributed by atoms with Gasteiger partial charge in [0.2, 0.25) is 0 Å². The molecule has 16 heavy (non-hydrogen) atoms. The van der Waals surface area contributed by atoms with Crippen molar-refractivity contribution in [3.05, 3.63) is 12.1 Å². The lowest BCUT2D eigenvalue weighted by atomic mass is 9.89. The largest absolute Gasteiger partial charge is 0.486 e. The highest BCUT2D eigenvalue weighted by Crippen LogP contribution is 2.36.